The van der Waals surface area contributed by atoms with Crippen LogP contribution < -0.4 is 14.3 Å². The second kappa shape index (κ2) is 5.90. The molecule has 19 heavy (non-hydrogen) atoms. The number of benzene rings is 1. The van der Waals surface area contributed by atoms with Crippen LogP contribution in [0.4, 0.5) is 5.69 Å². The molecule has 1 aromatic rings. The molecule has 1 aliphatic heterocycles. The van der Waals surface area contributed by atoms with Crippen LogP contribution in [0.15, 0.2) is 24.3 Å². The first-order valence-corrected chi connectivity index (χ1v) is 8.00. The fourth-order valence-electron chi connectivity index (χ4n) is 2.03. The van der Waals surface area contributed by atoms with Gasteiger partial charge >= 0.3 is 10.2 Å². The number of fused-ring (bicyclic) bond motifs is 1. The van der Waals surface area contributed by atoms with Crippen molar-refractivity contribution in [2.24, 2.45) is 5.92 Å². The van der Waals surface area contributed by atoms with Crippen LogP contribution in [0, 0.1) is 5.92 Å². The average Bonchev–Trinajstić information content (AvgIpc) is 2.59. The molecule has 0 saturated heterocycles. The van der Waals surface area contributed by atoms with Crippen LogP contribution in [0.3, 0.4) is 0 Å². The molecule has 2 rings (SSSR count). The summed E-state index contributed by atoms with van der Waals surface area (Å²) in [6, 6.07) is 7.61. The number of para-hydroxylation sites is 1. The number of nitrogens with zero attached hydrogens (tertiary/aromatic N) is 1. The van der Waals surface area contributed by atoms with Crippen molar-refractivity contribution in [3.05, 3.63) is 29.8 Å². The van der Waals surface area contributed by atoms with Crippen LogP contribution >= 0.6 is 0 Å². The molecule has 1 aromatic carbocycles. The molecule has 0 unspecified atom stereocenters. The van der Waals surface area contributed by atoms with Gasteiger partial charge in [0.2, 0.25) is 0 Å². The van der Waals surface area contributed by atoms with Crippen LogP contribution in [-0.4, -0.2) is 28.1 Å². The van der Waals surface area contributed by atoms with E-state index in [0.29, 0.717) is 26.2 Å². The van der Waals surface area contributed by atoms with Crippen molar-refractivity contribution in [2.45, 2.75) is 20.4 Å². The SMILES string of the molecule is CC(C)CNS(=O)(=O)N1CCNCc2ccccc21. The Morgan fingerprint density at radius 1 is 1.37 bits per heavy atom. The monoisotopic (exact) mass is 283 g/mol. The largest absolute Gasteiger partial charge is 0.311 e. The van der Waals surface area contributed by atoms with E-state index in [1.165, 1.54) is 4.31 Å². The Hall–Kier alpha value is -1.11. The molecule has 1 aliphatic rings. The van der Waals surface area contributed by atoms with Crippen LogP contribution in [-0.2, 0) is 16.8 Å². The first-order chi connectivity index (χ1) is 9.00. The third-order valence-corrected chi connectivity index (χ3v) is 4.52. The van der Waals surface area contributed by atoms with Gasteiger partial charge in [-0.05, 0) is 17.5 Å². The fourth-order valence-corrected chi connectivity index (χ4v) is 3.50. The van der Waals surface area contributed by atoms with Gasteiger partial charge in [0, 0.05) is 26.2 Å². The Balaban J connectivity index is 2.28. The summed E-state index contributed by atoms with van der Waals surface area (Å²) in [6.45, 7) is 6.23. The van der Waals surface area contributed by atoms with Crippen LogP contribution in [0.25, 0.3) is 0 Å². The van der Waals surface area contributed by atoms with Crippen LogP contribution in [0.2, 0.25) is 0 Å². The van der Waals surface area contributed by atoms with E-state index >= 15 is 0 Å². The number of nitrogens with one attached hydrogen (secondary N) is 2. The molecule has 0 aliphatic carbocycles. The minimum atomic E-state index is -3.47. The highest BCUT2D eigenvalue weighted by atomic mass is 32.2. The van der Waals surface area contributed by atoms with Crippen LogP contribution in [0.1, 0.15) is 19.4 Å². The standard InChI is InChI=1S/C13H21N3O2S/c1-11(2)9-15-19(17,18)16-8-7-14-10-12-5-3-4-6-13(12)16/h3-6,11,14-15H,7-10H2,1-2H3. The predicted molar refractivity (Wildman–Crippen MR) is 77.3 cm³/mol. The maximum Gasteiger partial charge on any atom is 0.301 e. The van der Waals surface area contributed by atoms with Gasteiger partial charge in [-0.3, -0.25) is 4.31 Å². The van der Waals surface area contributed by atoms with Gasteiger partial charge in [-0.25, -0.2) is 0 Å². The van der Waals surface area contributed by atoms with Crippen molar-refractivity contribution in [3.8, 4) is 0 Å². The van der Waals surface area contributed by atoms with Crippen molar-refractivity contribution in [1.29, 1.82) is 0 Å². The van der Waals surface area contributed by atoms with Crippen molar-refractivity contribution in [3.63, 3.8) is 0 Å². The highest BCUT2D eigenvalue weighted by molar-refractivity contribution is 7.90. The van der Waals surface area contributed by atoms with Gasteiger partial charge in [0.15, 0.2) is 0 Å². The highest BCUT2D eigenvalue weighted by Gasteiger charge is 2.25. The van der Waals surface area contributed by atoms with E-state index in [1.807, 2.05) is 38.1 Å². The summed E-state index contributed by atoms with van der Waals surface area (Å²) >= 11 is 0. The molecule has 0 aromatic heterocycles. The molecular formula is C13H21N3O2S. The summed E-state index contributed by atoms with van der Waals surface area (Å²) in [5.74, 6) is 0.287. The van der Waals surface area contributed by atoms with Crippen molar-refractivity contribution >= 4 is 15.9 Å². The zero-order valence-corrected chi connectivity index (χ0v) is 12.2. The van der Waals surface area contributed by atoms with E-state index in [0.717, 1.165) is 11.3 Å². The Labute approximate surface area is 115 Å². The molecule has 0 fully saturated rings. The minimum Gasteiger partial charge on any atom is -0.311 e. The summed E-state index contributed by atoms with van der Waals surface area (Å²) in [4.78, 5) is 0. The Morgan fingerprint density at radius 3 is 2.84 bits per heavy atom. The van der Waals surface area contributed by atoms with Gasteiger partial charge in [0.1, 0.15) is 0 Å². The molecule has 0 saturated carbocycles. The number of anilines is 1. The number of hydrogen-bond donors (Lipinski definition) is 2. The average molecular weight is 283 g/mol. The predicted octanol–water partition coefficient (Wildman–Crippen LogP) is 1.09. The van der Waals surface area contributed by atoms with E-state index in [2.05, 4.69) is 10.0 Å². The zero-order valence-electron chi connectivity index (χ0n) is 11.4. The molecule has 2 N–H and O–H groups in total. The maximum absolute atomic E-state index is 12.4. The molecule has 0 bridgehead atoms. The molecule has 0 spiro atoms. The zero-order chi connectivity index (χ0) is 13.9. The Bertz CT molecular complexity index is 528. The first kappa shape index (κ1) is 14.3. The lowest BCUT2D eigenvalue weighted by Crippen LogP contribution is -2.44. The van der Waals surface area contributed by atoms with Gasteiger partial charge in [0.05, 0.1) is 5.69 Å². The van der Waals surface area contributed by atoms with Crippen LogP contribution in [0.5, 0.6) is 0 Å². The Morgan fingerprint density at radius 2 is 2.11 bits per heavy atom. The van der Waals surface area contributed by atoms with Gasteiger partial charge < -0.3 is 5.32 Å². The lowest BCUT2D eigenvalue weighted by molar-refractivity contribution is 0.555. The smallest absolute Gasteiger partial charge is 0.301 e. The molecule has 0 radical (unpaired) electrons. The van der Waals surface area contributed by atoms with E-state index in [9.17, 15) is 8.42 Å². The Kier molecular flexibility index (Phi) is 4.44. The normalized spacial score (nSPS) is 16.3. The molecule has 1 heterocycles. The number of hydrogen-bond acceptors (Lipinski definition) is 3. The fraction of sp³-hybridized carbons (Fsp3) is 0.538. The molecule has 6 heteroatoms. The second-order valence-corrected chi connectivity index (χ2v) is 6.80. The van der Waals surface area contributed by atoms with Gasteiger partial charge in [-0.2, -0.15) is 13.1 Å². The lowest BCUT2D eigenvalue weighted by Gasteiger charge is -2.24. The van der Waals surface area contributed by atoms with Crippen molar-refractivity contribution in [2.75, 3.05) is 23.9 Å². The molecule has 106 valence electrons. The second-order valence-electron chi connectivity index (χ2n) is 5.12. The maximum atomic E-state index is 12.4. The third-order valence-electron chi connectivity index (χ3n) is 3.03. The first-order valence-electron chi connectivity index (χ1n) is 6.56. The van der Waals surface area contributed by atoms with Crippen molar-refractivity contribution < 1.29 is 8.42 Å². The lowest BCUT2D eigenvalue weighted by atomic mass is 10.2. The third kappa shape index (κ3) is 3.46. The summed E-state index contributed by atoms with van der Waals surface area (Å²) in [5.41, 5.74) is 1.78. The van der Waals surface area contributed by atoms with Gasteiger partial charge in [-0.1, -0.05) is 32.0 Å². The molecular weight excluding hydrogens is 262 g/mol. The van der Waals surface area contributed by atoms with E-state index in [1.54, 1.807) is 0 Å². The van der Waals surface area contributed by atoms with Crippen molar-refractivity contribution in [1.82, 2.24) is 10.0 Å². The molecule has 5 nitrogen and oxygen atoms in total. The quantitative estimate of drug-likeness (QED) is 0.869. The summed E-state index contributed by atoms with van der Waals surface area (Å²) < 4.78 is 28.9. The van der Waals surface area contributed by atoms with E-state index in [-0.39, 0.29) is 5.92 Å². The minimum absolute atomic E-state index is 0.287. The summed E-state index contributed by atoms with van der Waals surface area (Å²) in [5, 5.41) is 3.24. The summed E-state index contributed by atoms with van der Waals surface area (Å²) in [7, 11) is -3.47. The number of rotatable bonds is 4. The van der Waals surface area contributed by atoms with E-state index < -0.39 is 10.2 Å². The van der Waals surface area contributed by atoms with E-state index in [4.69, 9.17) is 0 Å². The summed E-state index contributed by atoms with van der Waals surface area (Å²) in [6.07, 6.45) is 0. The molecule has 0 atom stereocenters. The highest BCUT2D eigenvalue weighted by Crippen LogP contribution is 2.24. The molecule has 0 amide bonds. The van der Waals surface area contributed by atoms with Gasteiger partial charge in [0.25, 0.3) is 0 Å². The topological polar surface area (TPSA) is 61.4 Å². The van der Waals surface area contributed by atoms with Gasteiger partial charge in [-0.15, -0.1) is 0 Å².